The monoisotopic (exact) mass is 643 g/mol. The largest absolute Gasteiger partial charge is 0.455 e. The minimum atomic E-state index is 0.670. The average molecular weight is 644 g/mol. The first-order valence-electron chi connectivity index (χ1n) is 16.4. The second-order valence-corrected chi connectivity index (χ2v) is 13.6. The average Bonchev–Trinajstić information content (AvgIpc) is 3.83. The van der Waals surface area contributed by atoms with E-state index in [0.717, 1.165) is 75.7 Å². The van der Waals surface area contributed by atoms with Crippen LogP contribution in [-0.4, -0.2) is 14.5 Å². The number of rotatable bonds is 3. The van der Waals surface area contributed by atoms with Gasteiger partial charge in [-0.25, -0.2) is 9.97 Å². The van der Waals surface area contributed by atoms with E-state index in [9.17, 15) is 0 Å². The Morgan fingerprint density at radius 2 is 1.27 bits per heavy atom. The maximum absolute atomic E-state index is 6.42. The summed E-state index contributed by atoms with van der Waals surface area (Å²) in [7, 11) is 0. The number of aromatic nitrogens is 3. The van der Waals surface area contributed by atoms with Crippen LogP contribution in [0.1, 0.15) is 0 Å². The number of hydrogen-bond donors (Lipinski definition) is 0. The van der Waals surface area contributed by atoms with Crippen LogP contribution in [-0.2, 0) is 0 Å². The second-order valence-electron chi connectivity index (χ2n) is 12.6. The number of benzene rings is 7. The summed E-state index contributed by atoms with van der Waals surface area (Å²) in [4.78, 5) is 10.8. The first-order valence-corrected chi connectivity index (χ1v) is 17.2. The van der Waals surface area contributed by atoms with Crippen LogP contribution in [0.2, 0.25) is 0 Å². The Labute approximate surface area is 284 Å². The lowest BCUT2D eigenvalue weighted by atomic mass is 10.0. The fourth-order valence-electron chi connectivity index (χ4n) is 7.53. The minimum Gasteiger partial charge on any atom is -0.455 e. The van der Waals surface area contributed by atoms with Crippen molar-refractivity contribution in [2.24, 2.45) is 0 Å². The fourth-order valence-corrected chi connectivity index (χ4v) is 8.73. The standard InChI is InChI=1S/C44H25N3OS/c1-2-11-26(12-3-1)40-43-41(34-22-21-29(25-39(34)49-43)30-17-10-18-33-32-16-7-9-20-38(32)48-42(30)33)46-44(45-40)47-36-19-8-6-15-31(36)35-23-27-13-4-5-14-28(27)24-37(35)47/h1-25H. The number of nitrogens with zero attached hydrogens (tertiary/aromatic N) is 3. The summed E-state index contributed by atoms with van der Waals surface area (Å²) in [6.45, 7) is 0. The van der Waals surface area contributed by atoms with Crippen molar-refractivity contribution in [2.45, 2.75) is 0 Å². The highest BCUT2D eigenvalue weighted by molar-refractivity contribution is 7.26. The first kappa shape index (κ1) is 26.7. The highest BCUT2D eigenvalue weighted by Crippen LogP contribution is 2.43. The van der Waals surface area contributed by atoms with Gasteiger partial charge in [0.1, 0.15) is 11.2 Å². The third-order valence-electron chi connectivity index (χ3n) is 9.81. The SMILES string of the molecule is c1ccc(-c2nc(-n3c4ccccc4c4cc5ccccc5cc43)nc3c2sc2cc(-c4cccc5c4oc4ccccc45)ccc23)cc1. The predicted octanol–water partition coefficient (Wildman–Crippen LogP) is 12.3. The zero-order valence-corrected chi connectivity index (χ0v) is 26.9. The molecule has 0 unspecified atom stereocenters. The molecule has 0 atom stereocenters. The van der Waals surface area contributed by atoms with E-state index in [0.29, 0.717) is 5.95 Å². The van der Waals surface area contributed by atoms with Crippen LogP contribution < -0.4 is 0 Å². The number of thiophene rings is 1. The van der Waals surface area contributed by atoms with Gasteiger partial charge in [0, 0.05) is 42.8 Å². The molecule has 0 amide bonds. The highest BCUT2D eigenvalue weighted by atomic mass is 32.1. The molecule has 11 aromatic rings. The molecule has 0 aliphatic carbocycles. The van der Waals surface area contributed by atoms with E-state index >= 15 is 0 Å². The molecule has 5 heteroatoms. The molecular weight excluding hydrogens is 619 g/mol. The highest BCUT2D eigenvalue weighted by Gasteiger charge is 2.21. The molecule has 0 saturated carbocycles. The summed E-state index contributed by atoms with van der Waals surface area (Å²) in [5, 5.41) is 8.17. The maximum Gasteiger partial charge on any atom is 0.235 e. The smallest absolute Gasteiger partial charge is 0.235 e. The second kappa shape index (κ2) is 10.1. The van der Waals surface area contributed by atoms with Gasteiger partial charge >= 0.3 is 0 Å². The Balaban J connectivity index is 1.19. The molecule has 49 heavy (non-hydrogen) atoms. The molecule has 0 aliphatic heterocycles. The molecule has 4 heterocycles. The van der Waals surface area contributed by atoms with Gasteiger partial charge in [-0.3, -0.25) is 4.57 Å². The molecule has 7 aromatic carbocycles. The van der Waals surface area contributed by atoms with E-state index in [1.54, 1.807) is 11.3 Å². The Morgan fingerprint density at radius 1 is 0.510 bits per heavy atom. The Morgan fingerprint density at radius 3 is 2.16 bits per heavy atom. The van der Waals surface area contributed by atoms with Gasteiger partial charge in [0.05, 0.1) is 26.9 Å². The van der Waals surface area contributed by atoms with Gasteiger partial charge in [0.2, 0.25) is 5.95 Å². The fraction of sp³-hybridized carbons (Fsp3) is 0. The molecule has 228 valence electrons. The van der Waals surface area contributed by atoms with Crippen molar-refractivity contribution in [3.8, 4) is 28.3 Å². The summed E-state index contributed by atoms with van der Waals surface area (Å²) in [5.41, 5.74) is 9.18. The molecule has 0 spiro atoms. The predicted molar refractivity (Wildman–Crippen MR) is 205 cm³/mol. The van der Waals surface area contributed by atoms with Crippen LogP contribution in [0.4, 0.5) is 0 Å². The van der Waals surface area contributed by atoms with Crippen LogP contribution in [0, 0.1) is 0 Å². The van der Waals surface area contributed by atoms with E-state index < -0.39 is 0 Å². The number of furan rings is 1. The van der Waals surface area contributed by atoms with E-state index in [2.05, 4.69) is 144 Å². The molecule has 0 bridgehead atoms. The van der Waals surface area contributed by atoms with Crippen LogP contribution >= 0.6 is 11.3 Å². The van der Waals surface area contributed by atoms with Gasteiger partial charge in [-0.1, -0.05) is 121 Å². The van der Waals surface area contributed by atoms with Crippen LogP contribution in [0.3, 0.4) is 0 Å². The molecule has 0 N–H and O–H groups in total. The summed E-state index contributed by atoms with van der Waals surface area (Å²) in [5.74, 6) is 0.670. The molecule has 11 rings (SSSR count). The Hall–Kier alpha value is -6.30. The molecule has 4 aromatic heterocycles. The van der Waals surface area contributed by atoms with Gasteiger partial charge in [-0.05, 0) is 46.7 Å². The quantitative estimate of drug-likeness (QED) is 0.192. The van der Waals surface area contributed by atoms with Crippen molar-refractivity contribution >= 4 is 86.2 Å². The van der Waals surface area contributed by atoms with Crippen molar-refractivity contribution in [3.05, 3.63) is 152 Å². The van der Waals surface area contributed by atoms with Gasteiger partial charge in [-0.15, -0.1) is 11.3 Å². The Bertz CT molecular complexity index is 3110. The lowest BCUT2D eigenvalue weighted by Gasteiger charge is -2.10. The number of hydrogen-bond acceptors (Lipinski definition) is 4. The maximum atomic E-state index is 6.42. The zero-order chi connectivity index (χ0) is 32.1. The summed E-state index contributed by atoms with van der Waals surface area (Å²) in [6, 6.07) is 53.5. The summed E-state index contributed by atoms with van der Waals surface area (Å²) < 4.78 is 10.9. The van der Waals surface area contributed by atoms with Crippen molar-refractivity contribution in [3.63, 3.8) is 0 Å². The van der Waals surface area contributed by atoms with Crippen LogP contribution in [0.5, 0.6) is 0 Å². The van der Waals surface area contributed by atoms with Gasteiger partial charge in [0.25, 0.3) is 0 Å². The molecule has 0 saturated heterocycles. The van der Waals surface area contributed by atoms with E-state index in [1.165, 1.54) is 21.5 Å². The zero-order valence-electron chi connectivity index (χ0n) is 26.1. The molecular formula is C44H25N3OS. The lowest BCUT2D eigenvalue weighted by molar-refractivity contribution is 0.670. The van der Waals surface area contributed by atoms with Crippen molar-refractivity contribution in [1.82, 2.24) is 14.5 Å². The molecule has 4 nitrogen and oxygen atoms in total. The van der Waals surface area contributed by atoms with Crippen molar-refractivity contribution < 1.29 is 4.42 Å². The molecule has 0 aliphatic rings. The minimum absolute atomic E-state index is 0.670. The van der Waals surface area contributed by atoms with Gasteiger partial charge in [0.15, 0.2) is 0 Å². The molecule has 0 fully saturated rings. The first-order chi connectivity index (χ1) is 24.3. The molecule has 0 radical (unpaired) electrons. The summed E-state index contributed by atoms with van der Waals surface area (Å²) >= 11 is 1.75. The van der Waals surface area contributed by atoms with Crippen molar-refractivity contribution in [1.29, 1.82) is 0 Å². The summed E-state index contributed by atoms with van der Waals surface area (Å²) in [6.07, 6.45) is 0. The Kier molecular flexibility index (Phi) is 5.51. The topological polar surface area (TPSA) is 43.9 Å². The van der Waals surface area contributed by atoms with E-state index in [-0.39, 0.29) is 0 Å². The van der Waals surface area contributed by atoms with Gasteiger partial charge in [-0.2, -0.15) is 0 Å². The number of fused-ring (bicyclic) bond motifs is 10. The van der Waals surface area contributed by atoms with Crippen LogP contribution in [0.25, 0.3) is 103 Å². The third kappa shape index (κ3) is 3.91. The van der Waals surface area contributed by atoms with E-state index in [4.69, 9.17) is 14.4 Å². The lowest BCUT2D eigenvalue weighted by Crippen LogP contribution is -2.02. The van der Waals surface area contributed by atoms with Crippen LogP contribution in [0.15, 0.2) is 156 Å². The normalized spacial score (nSPS) is 12.1. The third-order valence-corrected chi connectivity index (χ3v) is 11.0. The van der Waals surface area contributed by atoms with E-state index in [1.807, 2.05) is 12.1 Å². The number of para-hydroxylation sites is 3. The van der Waals surface area contributed by atoms with Crippen molar-refractivity contribution in [2.75, 3.05) is 0 Å². The van der Waals surface area contributed by atoms with Gasteiger partial charge < -0.3 is 4.42 Å².